The number of hydrogen-bond acceptors (Lipinski definition) is 7. The Balaban J connectivity index is 1.37. The van der Waals surface area contributed by atoms with E-state index in [0.717, 1.165) is 4.57 Å². The lowest BCUT2D eigenvalue weighted by Crippen LogP contribution is -2.46. The molecule has 2 atom stereocenters. The summed E-state index contributed by atoms with van der Waals surface area (Å²) in [5.41, 5.74) is 7.48. The number of carbonyl (C=O) groups excluding carboxylic acids is 1. The number of aromatic nitrogens is 2. The minimum Gasteiger partial charge on any atom is -0.480 e. The van der Waals surface area contributed by atoms with Crippen LogP contribution in [0.3, 0.4) is 0 Å². The molecule has 0 spiro atoms. The predicted molar refractivity (Wildman–Crippen MR) is 141 cm³/mol. The molecule has 6 N–H and O–H groups in total. The number of amides is 1. The smallest absolute Gasteiger partial charge is 0.333 e. The molecule has 11 nitrogen and oxygen atoms in total. The maximum absolute atomic E-state index is 13.0. The fourth-order valence-electron chi connectivity index (χ4n) is 4.55. The van der Waals surface area contributed by atoms with Crippen molar-refractivity contribution >= 4 is 39.9 Å². The van der Waals surface area contributed by atoms with Gasteiger partial charge in [0.2, 0.25) is 0 Å². The van der Waals surface area contributed by atoms with Crippen LogP contribution < -0.4 is 22.3 Å². The first-order chi connectivity index (χ1) is 18.3. The molecule has 1 aromatic heterocycles. The molecule has 1 aliphatic rings. The predicted octanol–water partition coefficient (Wildman–Crippen LogP) is 1.24. The lowest BCUT2D eigenvalue weighted by molar-refractivity contribution is -0.141. The molecule has 0 saturated heterocycles. The Hall–Kier alpha value is -5.03. The molecule has 1 aliphatic heterocycles. The summed E-state index contributed by atoms with van der Waals surface area (Å²) in [6.45, 7) is -0.345. The van der Waals surface area contributed by atoms with E-state index in [4.69, 9.17) is 5.73 Å². The van der Waals surface area contributed by atoms with E-state index >= 15 is 0 Å². The molecule has 4 aromatic rings. The number of carbonyl (C=O) groups is 2. The Labute approximate surface area is 214 Å². The number of para-hydroxylation sites is 1. The number of nitrogens with two attached hydrogens (primary N) is 1. The van der Waals surface area contributed by atoms with E-state index in [1.54, 1.807) is 48.5 Å². The zero-order chi connectivity index (χ0) is 27.0. The van der Waals surface area contributed by atoms with Crippen molar-refractivity contribution in [3.63, 3.8) is 0 Å². The Bertz CT molecular complexity index is 1720. The zero-order valence-electron chi connectivity index (χ0n) is 19.9. The van der Waals surface area contributed by atoms with Crippen LogP contribution in [-0.2, 0) is 16.0 Å². The number of aromatic amines is 1. The second-order valence-electron chi connectivity index (χ2n) is 8.90. The van der Waals surface area contributed by atoms with Crippen LogP contribution in [0, 0.1) is 0 Å². The van der Waals surface area contributed by atoms with E-state index < -0.39 is 35.1 Å². The number of carboxylic acids is 1. The van der Waals surface area contributed by atoms with Gasteiger partial charge in [-0.2, -0.15) is 0 Å². The van der Waals surface area contributed by atoms with Crippen molar-refractivity contribution in [2.75, 3.05) is 12.3 Å². The molecule has 11 heteroatoms. The van der Waals surface area contributed by atoms with Gasteiger partial charge in [0.05, 0.1) is 34.8 Å². The SMILES string of the molecule is Nc1ccc2[nH]c(=O)n(-c3ccc(C[C@H](NC(=O)C4=Nc5ccccc5C4CO)C(=O)O)cc3)c(=O)c2c1. The summed E-state index contributed by atoms with van der Waals surface area (Å²) in [6.07, 6.45) is -0.0646. The number of nitrogens with one attached hydrogen (secondary N) is 2. The number of benzene rings is 3. The second kappa shape index (κ2) is 9.79. The van der Waals surface area contributed by atoms with Crippen molar-refractivity contribution in [3.05, 3.63) is 98.7 Å². The summed E-state index contributed by atoms with van der Waals surface area (Å²) >= 11 is 0. The molecule has 0 radical (unpaired) electrons. The van der Waals surface area contributed by atoms with Gasteiger partial charge in [0.15, 0.2) is 0 Å². The van der Waals surface area contributed by atoms with E-state index in [-0.39, 0.29) is 29.8 Å². The Morgan fingerprint density at radius 1 is 1.08 bits per heavy atom. The lowest BCUT2D eigenvalue weighted by atomic mass is 9.96. The summed E-state index contributed by atoms with van der Waals surface area (Å²) in [7, 11) is 0. The number of nitrogens with zero attached hydrogens (tertiary/aromatic N) is 2. The molecular formula is C27H23N5O6. The fourth-order valence-corrected chi connectivity index (χ4v) is 4.55. The van der Waals surface area contributed by atoms with E-state index in [1.807, 2.05) is 0 Å². The largest absolute Gasteiger partial charge is 0.480 e. The molecule has 3 aromatic carbocycles. The van der Waals surface area contributed by atoms with Crippen LogP contribution in [-0.4, -0.2) is 50.0 Å². The molecule has 0 aliphatic carbocycles. The van der Waals surface area contributed by atoms with Crippen LogP contribution in [0.15, 0.2) is 81.3 Å². The first-order valence-electron chi connectivity index (χ1n) is 11.7. The fraction of sp³-hybridized carbons (Fsp3) is 0.148. The Morgan fingerprint density at radius 3 is 2.53 bits per heavy atom. The van der Waals surface area contributed by atoms with Gasteiger partial charge in [-0.3, -0.25) is 9.59 Å². The molecule has 0 saturated carbocycles. The molecule has 0 bridgehead atoms. The average Bonchev–Trinajstić information content (AvgIpc) is 3.28. The normalized spacial score (nSPS) is 15.1. The summed E-state index contributed by atoms with van der Waals surface area (Å²) in [6, 6.07) is 16.5. The topological polar surface area (TPSA) is 180 Å². The third kappa shape index (κ3) is 4.46. The van der Waals surface area contributed by atoms with Crippen LogP contribution in [0.25, 0.3) is 16.6 Å². The Morgan fingerprint density at radius 2 is 1.82 bits per heavy atom. The lowest BCUT2D eigenvalue weighted by Gasteiger charge is -2.17. The highest BCUT2D eigenvalue weighted by atomic mass is 16.4. The third-order valence-electron chi connectivity index (χ3n) is 6.46. The number of aliphatic imine (C=N–C) groups is 1. The standard InChI is InChI=1S/C27H23N5O6/c28-15-7-10-21-18(12-15)25(35)32(27(38)31-21)16-8-5-14(6-9-16)11-22(26(36)37)30-24(34)23-19(13-33)17-3-1-2-4-20(17)29-23/h1-10,12,19,22,33H,11,13,28H2,(H,30,34)(H,31,38)(H,36,37)/t19?,22-/m0/s1. The summed E-state index contributed by atoms with van der Waals surface area (Å²) in [5.74, 6) is -2.58. The van der Waals surface area contributed by atoms with Crippen LogP contribution >= 0.6 is 0 Å². The van der Waals surface area contributed by atoms with Crippen molar-refractivity contribution in [1.82, 2.24) is 14.9 Å². The second-order valence-corrected chi connectivity index (χ2v) is 8.90. The number of H-pyrrole nitrogens is 1. The minimum atomic E-state index is -1.28. The number of hydrogen-bond donors (Lipinski definition) is 5. The van der Waals surface area contributed by atoms with Gasteiger partial charge in [0.25, 0.3) is 11.5 Å². The molecule has 1 unspecified atom stereocenters. The first-order valence-corrected chi connectivity index (χ1v) is 11.7. The van der Waals surface area contributed by atoms with Gasteiger partial charge < -0.3 is 26.2 Å². The monoisotopic (exact) mass is 513 g/mol. The van der Waals surface area contributed by atoms with Crippen molar-refractivity contribution in [2.24, 2.45) is 4.99 Å². The highest BCUT2D eigenvalue weighted by Crippen LogP contribution is 2.35. The van der Waals surface area contributed by atoms with Gasteiger partial charge >= 0.3 is 11.7 Å². The van der Waals surface area contributed by atoms with Crippen LogP contribution in [0.4, 0.5) is 11.4 Å². The first kappa shape index (κ1) is 24.7. The number of aliphatic carboxylic acids is 1. The number of aliphatic hydroxyl groups is 1. The molecule has 1 amide bonds. The quantitative estimate of drug-likeness (QED) is 0.231. The number of nitrogen functional groups attached to an aromatic ring is 1. The maximum Gasteiger partial charge on any atom is 0.333 e. The molecular weight excluding hydrogens is 490 g/mol. The van der Waals surface area contributed by atoms with Gasteiger partial charge in [-0.25, -0.2) is 19.1 Å². The highest BCUT2D eigenvalue weighted by Gasteiger charge is 2.33. The number of anilines is 1. The number of carboxylic acid groups (broad SMARTS) is 1. The van der Waals surface area contributed by atoms with Crippen molar-refractivity contribution in [1.29, 1.82) is 0 Å². The van der Waals surface area contributed by atoms with E-state index in [0.29, 0.717) is 28.0 Å². The third-order valence-corrected chi connectivity index (χ3v) is 6.46. The van der Waals surface area contributed by atoms with Crippen molar-refractivity contribution < 1.29 is 19.8 Å². The van der Waals surface area contributed by atoms with Gasteiger partial charge in [0, 0.05) is 12.1 Å². The van der Waals surface area contributed by atoms with E-state index in [9.17, 15) is 29.4 Å². The summed E-state index contributed by atoms with van der Waals surface area (Å²) in [5, 5.41) is 22.3. The molecule has 2 heterocycles. The summed E-state index contributed by atoms with van der Waals surface area (Å²) in [4.78, 5) is 57.4. The molecule has 0 fully saturated rings. The van der Waals surface area contributed by atoms with Crippen LogP contribution in [0.5, 0.6) is 0 Å². The van der Waals surface area contributed by atoms with Crippen molar-refractivity contribution in [2.45, 2.75) is 18.4 Å². The van der Waals surface area contributed by atoms with E-state index in [2.05, 4.69) is 15.3 Å². The number of rotatable bonds is 7. The van der Waals surface area contributed by atoms with Gasteiger partial charge in [-0.15, -0.1) is 0 Å². The zero-order valence-corrected chi connectivity index (χ0v) is 19.9. The van der Waals surface area contributed by atoms with Crippen LogP contribution in [0.2, 0.25) is 0 Å². The minimum absolute atomic E-state index is 0.0471. The summed E-state index contributed by atoms with van der Waals surface area (Å²) < 4.78 is 0.965. The Kier molecular flexibility index (Phi) is 6.35. The highest BCUT2D eigenvalue weighted by molar-refractivity contribution is 6.43. The van der Waals surface area contributed by atoms with Gasteiger partial charge in [-0.1, -0.05) is 30.3 Å². The number of fused-ring (bicyclic) bond motifs is 2. The van der Waals surface area contributed by atoms with Gasteiger partial charge in [0.1, 0.15) is 11.8 Å². The molecule has 192 valence electrons. The molecule has 38 heavy (non-hydrogen) atoms. The average molecular weight is 514 g/mol. The van der Waals surface area contributed by atoms with E-state index in [1.165, 1.54) is 18.2 Å². The molecule has 5 rings (SSSR count). The van der Waals surface area contributed by atoms with Crippen LogP contribution in [0.1, 0.15) is 17.0 Å². The number of aliphatic hydroxyl groups excluding tert-OH is 1. The maximum atomic E-state index is 13.0. The van der Waals surface area contributed by atoms with Gasteiger partial charge in [-0.05, 0) is 47.5 Å². The van der Waals surface area contributed by atoms with Crippen molar-refractivity contribution in [3.8, 4) is 5.69 Å².